The first-order valence-corrected chi connectivity index (χ1v) is 7.86. The molecule has 0 atom stereocenters. The second-order valence-corrected chi connectivity index (χ2v) is 5.92. The van der Waals surface area contributed by atoms with Crippen LogP contribution in [0.2, 0.25) is 0 Å². The molecule has 1 fully saturated rings. The Bertz CT molecular complexity index is 400. The van der Waals surface area contributed by atoms with Crippen LogP contribution in [0.3, 0.4) is 0 Å². The van der Waals surface area contributed by atoms with Crippen molar-refractivity contribution in [1.29, 1.82) is 0 Å². The van der Waals surface area contributed by atoms with Crippen LogP contribution in [-0.4, -0.2) is 26.2 Å². The standard InChI is InChI=1S/C17H28N2O/c1-14-8-10-15(11-9-14)19(13-5-12-18)16-6-3-4-7-17(16)20-2/h3-4,6-7,14-15H,5,8-13,18H2,1-2H3. The molecule has 0 amide bonds. The number of nitrogens with two attached hydrogens (primary N) is 1. The lowest BCUT2D eigenvalue weighted by Gasteiger charge is -2.38. The van der Waals surface area contributed by atoms with E-state index in [0.29, 0.717) is 6.04 Å². The maximum absolute atomic E-state index is 5.72. The molecule has 1 aromatic carbocycles. The first kappa shape index (κ1) is 15.2. The molecule has 112 valence electrons. The van der Waals surface area contributed by atoms with Crippen LogP contribution < -0.4 is 15.4 Å². The van der Waals surface area contributed by atoms with Gasteiger partial charge in [-0.15, -0.1) is 0 Å². The highest BCUT2D eigenvalue weighted by atomic mass is 16.5. The molecule has 1 aliphatic rings. The molecule has 0 aromatic heterocycles. The van der Waals surface area contributed by atoms with E-state index in [0.717, 1.165) is 31.2 Å². The van der Waals surface area contributed by atoms with E-state index in [1.165, 1.54) is 31.4 Å². The number of anilines is 1. The molecule has 0 unspecified atom stereocenters. The summed E-state index contributed by atoms with van der Waals surface area (Å²) in [6, 6.07) is 8.99. The number of rotatable bonds is 6. The van der Waals surface area contributed by atoms with Gasteiger partial charge in [-0.2, -0.15) is 0 Å². The second-order valence-electron chi connectivity index (χ2n) is 5.92. The molecule has 0 aliphatic heterocycles. The lowest BCUT2D eigenvalue weighted by atomic mass is 9.86. The molecule has 0 spiro atoms. The summed E-state index contributed by atoms with van der Waals surface area (Å²) >= 11 is 0. The highest BCUT2D eigenvalue weighted by Gasteiger charge is 2.25. The van der Waals surface area contributed by atoms with Crippen LogP contribution in [0, 0.1) is 5.92 Å². The van der Waals surface area contributed by atoms with E-state index in [9.17, 15) is 0 Å². The molecule has 3 heteroatoms. The Labute approximate surface area is 123 Å². The van der Waals surface area contributed by atoms with Gasteiger partial charge in [0.1, 0.15) is 5.75 Å². The number of nitrogens with zero attached hydrogens (tertiary/aromatic N) is 1. The lowest BCUT2D eigenvalue weighted by molar-refractivity contribution is 0.330. The topological polar surface area (TPSA) is 38.5 Å². The molecule has 0 saturated heterocycles. The van der Waals surface area contributed by atoms with Gasteiger partial charge < -0.3 is 15.4 Å². The molecule has 1 aliphatic carbocycles. The minimum absolute atomic E-state index is 0.633. The summed E-state index contributed by atoms with van der Waals surface area (Å²) in [5.74, 6) is 1.85. The van der Waals surface area contributed by atoms with E-state index in [1.807, 2.05) is 6.07 Å². The van der Waals surface area contributed by atoms with Gasteiger partial charge in [-0.05, 0) is 56.7 Å². The number of ether oxygens (including phenoxy) is 1. The number of para-hydroxylation sites is 2. The van der Waals surface area contributed by atoms with Gasteiger partial charge in [-0.3, -0.25) is 0 Å². The van der Waals surface area contributed by atoms with Crippen LogP contribution in [0.25, 0.3) is 0 Å². The van der Waals surface area contributed by atoms with Crippen molar-refractivity contribution in [2.75, 3.05) is 25.1 Å². The van der Waals surface area contributed by atoms with E-state index in [1.54, 1.807) is 7.11 Å². The normalized spacial score (nSPS) is 22.6. The predicted molar refractivity (Wildman–Crippen MR) is 85.4 cm³/mol. The zero-order valence-electron chi connectivity index (χ0n) is 12.8. The van der Waals surface area contributed by atoms with E-state index >= 15 is 0 Å². The van der Waals surface area contributed by atoms with Crippen LogP contribution >= 0.6 is 0 Å². The fourth-order valence-corrected chi connectivity index (χ4v) is 3.18. The van der Waals surface area contributed by atoms with Crippen LogP contribution in [0.4, 0.5) is 5.69 Å². The number of hydrogen-bond donors (Lipinski definition) is 1. The van der Waals surface area contributed by atoms with Gasteiger partial charge in [-0.1, -0.05) is 19.1 Å². The maximum atomic E-state index is 5.72. The largest absolute Gasteiger partial charge is 0.495 e. The van der Waals surface area contributed by atoms with Gasteiger partial charge in [0.05, 0.1) is 12.8 Å². The summed E-state index contributed by atoms with van der Waals surface area (Å²) < 4.78 is 5.55. The van der Waals surface area contributed by atoms with Gasteiger partial charge >= 0.3 is 0 Å². The molecule has 2 rings (SSSR count). The predicted octanol–water partition coefficient (Wildman–Crippen LogP) is 3.43. The van der Waals surface area contributed by atoms with Crippen LogP contribution in [0.15, 0.2) is 24.3 Å². The summed E-state index contributed by atoms with van der Waals surface area (Å²) in [5, 5.41) is 0. The zero-order valence-corrected chi connectivity index (χ0v) is 12.8. The smallest absolute Gasteiger partial charge is 0.142 e. The van der Waals surface area contributed by atoms with Crippen molar-refractivity contribution in [3.8, 4) is 5.75 Å². The molecule has 1 aromatic rings. The highest BCUT2D eigenvalue weighted by Crippen LogP contribution is 2.35. The highest BCUT2D eigenvalue weighted by molar-refractivity contribution is 5.59. The lowest BCUT2D eigenvalue weighted by Crippen LogP contribution is -2.39. The Balaban J connectivity index is 2.18. The minimum Gasteiger partial charge on any atom is -0.495 e. The molecule has 20 heavy (non-hydrogen) atoms. The summed E-state index contributed by atoms with van der Waals surface area (Å²) in [5.41, 5.74) is 6.94. The average molecular weight is 276 g/mol. The number of hydrogen-bond acceptors (Lipinski definition) is 3. The molecule has 0 radical (unpaired) electrons. The van der Waals surface area contributed by atoms with Gasteiger partial charge in [0.2, 0.25) is 0 Å². The van der Waals surface area contributed by atoms with Crippen molar-refractivity contribution < 1.29 is 4.74 Å². The van der Waals surface area contributed by atoms with Crippen molar-refractivity contribution in [3.63, 3.8) is 0 Å². The molecule has 0 heterocycles. The Morgan fingerprint density at radius 2 is 1.90 bits per heavy atom. The third kappa shape index (κ3) is 3.66. The quantitative estimate of drug-likeness (QED) is 0.865. The van der Waals surface area contributed by atoms with Crippen molar-refractivity contribution in [2.24, 2.45) is 11.7 Å². The second kappa shape index (κ2) is 7.53. The van der Waals surface area contributed by atoms with Crippen LogP contribution in [0.1, 0.15) is 39.0 Å². The van der Waals surface area contributed by atoms with Gasteiger partial charge in [0.25, 0.3) is 0 Å². The third-order valence-corrected chi connectivity index (χ3v) is 4.42. The van der Waals surface area contributed by atoms with Gasteiger partial charge in [0.15, 0.2) is 0 Å². The maximum Gasteiger partial charge on any atom is 0.142 e. The van der Waals surface area contributed by atoms with Crippen molar-refractivity contribution in [1.82, 2.24) is 0 Å². The first-order chi connectivity index (χ1) is 9.76. The Morgan fingerprint density at radius 3 is 2.55 bits per heavy atom. The Hall–Kier alpha value is -1.22. The summed E-state index contributed by atoms with van der Waals surface area (Å²) in [6.07, 6.45) is 6.26. The van der Waals surface area contributed by atoms with E-state index in [-0.39, 0.29) is 0 Å². The van der Waals surface area contributed by atoms with Crippen molar-refractivity contribution in [2.45, 2.75) is 45.1 Å². The van der Waals surface area contributed by atoms with Crippen molar-refractivity contribution >= 4 is 5.69 Å². The van der Waals surface area contributed by atoms with Crippen molar-refractivity contribution in [3.05, 3.63) is 24.3 Å². The average Bonchev–Trinajstić information content (AvgIpc) is 2.50. The summed E-state index contributed by atoms with van der Waals surface area (Å²) in [7, 11) is 1.75. The van der Waals surface area contributed by atoms with Gasteiger partial charge in [-0.25, -0.2) is 0 Å². The van der Waals surface area contributed by atoms with E-state index in [4.69, 9.17) is 10.5 Å². The Morgan fingerprint density at radius 1 is 1.20 bits per heavy atom. The fraction of sp³-hybridized carbons (Fsp3) is 0.647. The van der Waals surface area contributed by atoms with Crippen LogP contribution in [0.5, 0.6) is 5.75 Å². The molecule has 3 nitrogen and oxygen atoms in total. The fourth-order valence-electron chi connectivity index (χ4n) is 3.18. The molecular formula is C17H28N2O. The molecule has 2 N–H and O–H groups in total. The number of methoxy groups -OCH3 is 1. The molecular weight excluding hydrogens is 248 g/mol. The number of benzene rings is 1. The summed E-state index contributed by atoms with van der Waals surface area (Å²) in [6.45, 7) is 4.13. The van der Waals surface area contributed by atoms with E-state index < -0.39 is 0 Å². The molecule has 0 bridgehead atoms. The summed E-state index contributed by atoms with van der Waals surface area (Å²) in [4.78, 5) is 2.53. The van der Waals surface area contributed by atoms with E-state index in [2.05, 4.69) is 30.0 Å². The third-order valence-electron chi connectivity index (χ3n) is 4.42. The van der Waals surface area contributed by atoms with Crippen LogP contribution in [-0.2, 0) is 0 Å². The SMILES string of the molecule is COc1ccccc1N(CCCN)C1CCC(C)CC1. The first-order valence-electron chi connectivity index (χ1n) is 7.86. The Kier molecular flexibility index (Phi) is 5.72. The molecule has 1 saturated carbocycles. The zero-order chi connectivity index (χ0) is 14.4. The van der Waals surface area contributed by atoms with Gasteiger partial charge in [0, 0.05) is 12.6 Å². The minimum atomic E-state index is 0.633. The monoisotopic (exact) mass is 276 g/mol.